The van der Waals surface area contributed by atoms with Gasteiger partial charge in [0, 0.05) is 12.4 Å². The highest BCUT2D eigenvalue weighted by atomic mass is 16.5. The van der Waals surface area contributed by atoms with Gasteiger partial charge in [0.2, 0.25) is 0 Å². The fourth-order valence-electron chi connectivity index (χ4n) is 1.30. The maximum atomic E-state index is 11.3. The summed E-state index contributed by atoms with van der Waals surface area (Å²) in [6.45, 7) is 3.64. The fourth-order valence-corrected chi connectivity index (χ4v) is 1.30. The third-order valence-electron chi connectivity index (χ3n) is 2.16. The van der Waals surface area contributed by atoms with Gasteiger partial charge in [-0.15, -0.1) is 5.10 Å². The molecule has 0 aliphatic rings. The molecule has 0 unspecified atom stereocenters. The van der Waals surface area contributed by atoms with Crippen LogP contribution in [0.2, 0.25) is 0 Å². The summed E-state index contributed by atoms with van der Waals surface area (Å²) in [7, 11) is 0. The second-order valence-electron chi connectivity index (χ2n) is 3.48. The first kappa shape index (κ1) is 12.0. The molecule has 18 heavy (non-hydrogen) atoms. The van der Waals surface area contributed by atoms with E-state index in [1.807, 2.05) is 0 Å². The first-order valence-corrected chi connectivity index (χ1v) is 5.48. The van der Waals surface area contributed by atoms with Crippen LogP contribution < -0.4 is 5.43 Å². The lowest BCUT2D eigenvalue weighted by Gasteiger charge is -2.02. The van der Waals surface area contributed by atoms with E-state index in [9.17, 15) is 4.79 Å². The first-order valence-electron chi connectivity index (χ1n) is 5.48. The van der Waals surface area contributed by atoms with E-state index in [0.717, 1.165) is 5.65 Å². The highest BCUT2D eigenvalue weighted by Gasteiger charge is 2.06. The monoisotopic (exact) mass is 247 g/mol. The van der Waals surface area contributed by atoms with Gasteiger partial charge in [-0.2, -0.15) is 5.10 Å². The molecule has 0 amide bonds. The Morgan fingerprint density at radius 3 is 3.17 bits per heavy atom. The molecule has 2 heterocycles. The van der Waals surface area contributed by atoms with Crippen LogP contribution in [0.1, 0.15) is 13.8 Å². The summed E-state index contributed by atoms with van der Waals surface area (Å²) in [5.74, 6) is 0.0675. The Balaban J connectivity index is 2.09. The van der Waals surface area contributed by atoms with E-state index in [2.05, 4.69) is 20.6 Å². The molecule has 0 atom stereocenters. The maximum absolute atomic E-state index is 11.3. The van der Waals surface area contributed by atoms with Crippen LogP contribution in [0.25, 0.3) is 5.65 Å². The van der Waals surface area contributed by atoms with E-state index in [1.165, 1.54) is 0 Å². The van der Waals surface area contributed by atoms with Crippen LogP contribution in [0.5, 0.6) is 0 Å². The van der Waals surface area contributed by atoms with Gasteiger partial charge in [0.15, 0.2) is 11.5 Å². The zero-order chi connectivity index (χ0) is 13.0. The Kier molecular flexibility index (Phi) is 3.52. The molecule has 7 nitrogen and oxygen atoms in total. The van der Waals surface area contributed by atoms with Gasteiger partial charge in [0.1, 0.15) is 5.71 Å². The Bertz CT molecular complexity index is 590. The molecule has 0 fully saturated rings. The average molecular weight is 247 g/mol. The van der Waals surface area contributed by atoms with Crippen molar-refractivity contribution in [3.63, 3.8) is 0 Å². The van der Waals surface area contributed by atoms with Gasteiger partial charge in [-0.1, -0.05) is 0 Å². The SMILES string of the molecule is CCOC(=O)/C(C)=N/Nc1ccc2nccn2n1. The van der Waals surface area contributed by atoms with E-state index in [0.29, 0.717) is 12.4 Å². The second kappa shape index (κ2) is 5.26. The third-order valence-corrected chi connectivity index (χ3v) is 2.16. The molecule has 7 heteroatoms. The molecular formula is C11H13N5O2. The maximum Gasteiger partial charge on any atom is 0.354 e. The highest BCUT2D eigenvalue weighted by Crippen LogP contribution is 2.05. The Morgan fingerprint density at radius 1 is 1.56 bits per heavy atom. The number of esters is 1. The van der Waals surface area contributed by atoms with Gasteiger partial charge in [0.25, 0.3) is 0 Å². The molecule has 0 spiro atoms. The summed E-state index contributed by atoms with van der Waals surface area (Å²) < 4.78 is 6.41. The Hall–Kier alpha value is -2.44. The summed E-state index contributed by atoms with van der Waals surface area (Å²) in [6, 6.07) is 3.52. The number of imidazole rings is 1. The van der Waals surface area contributed by atoms with Crippen LogP contribution in [0.4, 0.5) is 5.82 Å². The molecule has 1 N–H and O–H groups in total. The van der Waals surface area contributed by atoms with Crippen LogP contribution in [0, 0.1) is 0 Å². The number of hydrogen-bond donors (Lipinski definition) is 1. The van der Waals surface area contributed by atoms with Crippen molar-refractivity contribution < 1.29 is 9.53 Å². The van der Waals surface area contributed by atoms with Crippen LogP contribution >= 0.6 is 0 Å². The number of anilines is 1. The number of carbonyl (C=O) groups excluding carboxylic acids is 1. The zero-order valence-corrected chi connectivity index (χ0v) is 10.1. The van der Waals surface area contributed by atoms with Crippen molar-refractivity contribution in [1.82, 2.24) is 14.6 Å². The van der Waals surface area contributed by atoms with Crippen molar-refractivity contribution in [3.8, 4) is 0 Å². The van der Waals surface area contributed by atoms with E-state index in [1.54, 1.807) is 42.9 Å². The van der Waals surface area contributed by atoms with Gasteiger partial charge < -0.3 is 4.74 Å². The minimum absolute atomic E-state index is 0.240. The van der Waals surface area contributed by atoms with Crippen molar-refractivity contribution in [3.05, 3.63) is 24.5 Å². The standard InChI is InChI=1S/C11H13N5O2/c1-3-18-11(17)8(2)13-14-9-4-5-10-12-6-7-16(10)15-9/h4-7H,3H2,1-2H3,(H,14,15)/b13-8+. The summed E-state index contributed by atoms with van der Waals surface area (Å²) in [6.07, 6.45) is 3.38. The smallest absolute Gasteiger partial charge is 0.354 e. The predicted octanol–water partition coefficient (Wildman–Crippen LogP) is 1.08. The molecule has 2 aromatic rings. The predicted molar refractivity (Wildman–Crippen MR) is 66.4 cm³/mol. The minimum atomic E-state index is -0.450. The number of hydrazone groups is 1. The molecule has 0 saturated heterocycles. The van der Waals surface area contributed by atoms with Gasteiger partial charge in [0.05, 0.1) is 6.61 Å². The van der Waals surface area contributed by atoms with Gasteiger partial charge in [-0.25, -0.2) is 14.3 Å². The quantitative estimate of drug-likeness (QED) is 0.496. The number of hydrogen-bond acceptors (Lipinski definition) is 6. The second-order valence-corrected chi connectivity index (χ2v) is 3.48. The molecule has 0 radical (unpaired) electrons. The van der Waals surface area contributed by atoms with E-state index < -0.39 is 5.97 Å². The summed E-state index contributed by atoms with van der Waals surface area (Å²) >= 11 is 0. The normalized spacial score (nSPS) is 11.6. The summed E-state index contributed by atoms with van der Waals surface area (Å²) in [4.78, 5) is 15.4. The number of ether oxygens (including phenoxy) is 1. The lowest BCUT2D eigenvalue weighted by Crippen LogP contribution is -2.15. The molecule has 2 rings (SSSR count). The van der Waals surface area contributed by atoms with Crippen molar-refractivity contribution >= 4 is 23.1 Å². The number of carbonyl (C=O) groups is 1. The molecule has 2 aromatic heterocycles. The van der Waals surface area contributed by atoms with Crippen LogP contribution in [0.3, 0.4) is 0 Å². The molecule has 94 valence electrons. The molecular weight excluding hydrogens is 234 g/mol. The topological polar surface area (TPSA) is 80.9 Å². The van der Waals surface area contributed by atoms with Gasteiger partial charge >= 0.3 is 5.97 Å². The van der Waals surface area contributed by atoms with E-state index in [4.69, 9.17) is 4.74 Å². The largest absolute Gasteiger partial charge is 0.461 e. The van der Waals surface area contributed by atoms with Gasteiger partial charge in [-0.05, 0) is 26.0 Å². The molecule has 0 aliphatic carbocycles. The molecule has 0 saturated carbocycles. The highest BCUT2D eigenvalue weighted by molar-refractivity contribution is 6.35. The first-order chi connectivity index (χ1) is 8.70. The molecule has 0 bridgehead atoms. The number of fused-ring (bicyclic) bond motifs is 1. The molecule has 0 aliphatic heterocycles. The minimum Gasteiger partial charge on any atom is -0.461 e. The Morgan fingerprint density at radius 2 is 2.39 bits per heavy atom. The van der Waals surface area contributed by atoms with E-state index in [-0.39, 0.29) is 5.71 Å². The van der Waals surface area contributed by atoms with Crippen LogP contribution in [-0.4, -0.2) is 32.9 Å². The van der Waals surface area contributed by atoms with Crippen molar-refractivity contribution in [2.24, 2.45) is 5.10 Å². The van der Waals surface area contributed by atoms with Crippen molar-refractivity contribution in [2.45, 2.75) is 13.8 Å². The Labute approximate surface area is 103 Å². The van der Waals surface area contributed by atoms with Gasteiger partial charge in [-0.3, -0.25) is 5.43 Å². The number of nitrogens with one attached hydrogen (secondary N) is 1. The number of nitrogens with zero attached hydrogens (tertiary/aromatic N) is 4. The lowest BCUT2D eigenvalue weighted by molar-refractivity contribution is -0.135. The number of rotatable bonds is 4. The summed E-state index contributed by atoms with van der Waals surface area (Å²) in [5, 5.41) is 8.10. The van der Waals surface area contributed by atoms with Crippen LogP contribution in [-0.2, 0) is 9.53 Å². The lowest BCUT2D eigenvalue weighted by atomic mass is 10.4. The third kappa shape index (κ3) is 2.62. The van der Waals surface area contributed by atoms with Crippen LogP contribution in [0.15, 0.2) is 29.6 Å². The van der Waals surface area contributed by atoms with E-state index >= 15 is 0 Å². The average Bonchev–Trinajstić information content (AvgIpc) is 2.83. The molecule has 0 aromatic carbocycles. The summed E-state index contributed by atoms with van der Waals surface area (Å²) in [5.41, 5.74) is 3.68. The fraction of sp³-hybridized carbons (Fsp3) is 0.273. The number of aromatic nitrogens is 3. The van der Waals surface area contributed by atoms with Crippen molar-refractivity contribution in [1.29, 1.82) is 0 Å². The zero-order valence-electron chi connectivity index (χ0n) is 10.1. The van der Waals surface area contributed by atoms with Crippen molar-refractivity contribution in [2.75, 3.05) is 12.0 Å².